The van der Waals surface area contributed by atoms with Crippen molar-refractivity contribution in [3.05, 3.63) is 64.7 Å². The smallest absolute Gasteiger partial charge is 0.244 e. The van der Waals surface area contributed by atoms with Crippen molar-refractivity contribution in [2.24, 2.45) is 5.92 Å². The molecule has 0 aromatic heterocycles. The van der Waals surface area contributed by atoms with E-state index in [0.29, 0.717) is 18.4 Å². The summed E-state index contributed by atoms with van der Waals surface area (Å²) in [5, 5.41) is 9.19. The van der Waals surface area contributed by atoms with Gasteiger partial charge in [-0.25, -0.2) is 8.42 Å². The maximum Gasteiger partial charge on any atom is 0.244 e. The lowest BCUT2D eigenvalue weighted by molar-refractivity contribution is 0.0875. The molecule has 1 fully saturated rings. The fraction of sp³-hybridized carbons (Fsp3) is 0.333. The average molecular weight is 382 g/mol. The van der Waals surface area contributed by atoms with Gasteiger partial charge in [-0.1, -0.05) is 24.3 Å². The van der Waals surface area contributed by atoms with E-state index in [1.54, 1.807) is 12.1 Å². The Kier molecular flexibility index (Phi) is 5.45. The summed E-state index contributed by atoms with van der Waals surface area (Å²) in [7, 11) is -3.73. The first-order valence-corrected chi connectivity index (χ1v) is 10.4. The molecule has 2 aromatic rings. The van der Waals surface area contributed by atoms with E-state index in [1.165, 1.54) is 16.4 Å². The minimum atomic E-state index is -3.73. The van der Waals surface area contributed by atoms with E-state index in [4.69, 9.17) is 0 Å². The molecule has 0 bridgehead atoms. The van der Waals surface area contributed by atoms with Crippen LogP contribution in [0.15, 0.2) is 47.4 Å². The molecule has 5 nitrogen and oxygen atoms in total. The van der Waals surface area contributed by atoms with Crippen molar-refractivity contribution in [2.45, 2.75) is 31.6 Å². The van der Waals surface area contributed by atoms with E-state index in [1.807, 2.05) is 38.1 Å². The minimum absolute atomic E-state index is 0.0337. The Morgan fingerprint density at radius 1 is 1.07 bits per heavy atom. The van der Waals surface area contributed by atoms with E-state index in [9.17, 15) is 18.5 Å². The monoisotopic (exact) mass is 382 g/mol. The molecule has 1 aliphatic heterocycles. The fourth-order valence-electron chi connectivity index (χ4n) is 3.41. The number of aryl methyl sites for hydroxylation is 2. The molecule has 0 atom stereocenters. The van der Waals surface area contributed by atoms with Crippen molar-refractivity contribution in [3.63, 3.8) is 0 Å². The Labute approximate surface area is 160 Å². The first-order chi connectivity index (χ1) is 12.8. The number of Topliss-reactive ketones (excluding diaryl/α,β-unsaturated/α-hetero) is 1. The Bertz CT molecular complexity index is 1010. The number of nitrogens with zero attached hydrogens (tertiary/aromatic N) is 2. The lowest BCUT2D eigenvalue weighted by atomic mass is 9.88. The van der Waals surface area contributed by atoms with Crippen LogP contribution in [0.5, 0.6) is 0 Å². The molecule has 0 aliphatic carbocycles. The maximum atomic E-state index is 12.9. The molecule has 1 saturated heterocycles. The summed E-state index contributed by atoms with van der Waals surface area (Å²) < 4.78 is 27.2. The average Bonchev–Trinajstić information content (AvgIpc) is 2.69. The topological polar surface area (TPSA) is 78.2 Å². The highest BCUT2D eigenvalue weighted by atomic mass is 32.2. The van der Waals surface area contributed by atoms with Crippen LogP contribution in [-0.2, 0) is 10.0 Å². The number of ketones is 1. The van der Waals surface area contributed by atoms with Gasteiger partial charge in [0, 0.05) is 24.6 Å². The number of carbonyl (C=O) groups is 1. The maximum absolute atomic E-state index is 12.9. The number of rotatable bonds is 4. The lowest BCUT2D eigenvalue weighted by Gasteiger charge is -2.30. The third-order valence-electron chi connectivity index (χ3n) is 5.24. The van der Waals surface area contributed by atoms with Crippen LogP contribution in [-0.4, -0.2) is 31.6 Å². The summed E-state index contributed by atoms with van der Waals surface area (Å²) in [5.41, 5.74) is 3.05. The normalized spacial score (nSPS) is 16.0. The molecule has 0 saturated carbocycles. The third-order valence-corrected chi connectivity index (χ3v) is 7.20. The zero-order chi connectivity index (χ0) is 19.6. The highest BCUT2D eigenvalue weighted by molar-refractivity contribution is 7.89. The highest BCUT2D eigenvalue weighted by Gasteiger charge is 2.33. The second kappa shape index (κ2) is 7.63. The Morgan fingerprint density at radius 2 is 1.74 bits per heavy atom. The van der Waals surface area contributed by atoms with Gasteiger partial charge < -0.3 is 0 Å². The predicted octanol–water partition coefficient (Wildman–Crippen LogP) is 3.46. The third kappa shape index (κ3) is 3.80. The number of hydrogen-bond acceptors (Lipinski definition) is 4. The molecule has 1 heterocycles. The molecule has 0 amide bonds. The number of piperidine rings is 1. The van der Waals surface area contributed by atoms with Crippen molar-refractivity contribution in [1.82, 2.24) is 4.31 Å². The largest absolute Gasteiger partial charge is 0.294 e. The van der Waals surface area contributed by atoms with Gasteiger partial charge in [-0.05, 0) is 56.0 Å². The summed E-state index contributed by atoms with van der Waals surface area (Å²) in [4.78, 5) is 12.8. The number of nitriles is 1. The highest BCUT2D eigenvalue weighted by Crippen LogP contribution is 2.28. The number of benzene rings is 2. The van der Waals surface area contributed by atoms with Gasteiger partial charge in [0.15, 0.2) is 5.78 Å². The zero-order valence-electron chi connectivity index (χ0n) is 15.5. The second-order valence-electron chi connectivity index (χ2n) is 6.95. The van der Waals surface area contributed by atoms with Gasteiger partial charge in [0.1, 0.15) is 6.07 Å². The number of hydrogen-bond donors (Lipinski definition) is 0. The fourth-order valence-corrected chi connectivity index (χ4v) is 5.02. The molecule has 0 N–H and O–H groups in total. The Hall–Kier alpha value is -2.49. The predicted molar refractivity (Wildman–Crippen MR) is 103 cm³/mol. The van der Waals surface area contributed by atoms with E-state index in [2.05, 4.69) is 0 Å². The van der Waals surface area contributed by atoms with Crippen molar-refractivity contribution >= 4 is 15.8 Å². The van der Waals surface area contributed by atoms with Crippen LogP contribution in [0.4, 0.5) is 0 Å². The van der Waals surface area contributed by atoms with Gasteiger partial charge in [-0.3, -0.25) is 4.79 Å². The molecule has 27 heavy (non-hydrogen) atoms. The van der Waals surface area contributed by atoms with Crippen molar-refractivity contribution in [3.8, 4) is 6.07 Å². The minimum Gasteiger partial charge on any atom is -0.294 e. The van der Waals surface area contributed by atoms with Gasteiger partial charge in [0.05, 0.1) is 10.5 Å². The first kappa shape index (κ1) is 19.3. The summed E-state index contributed by atoms with van der Waals surface area (Å²) in [6, 6.07) is 13.9. The molecule has 0 unspecified atom stereocenters. The summed E-state index contributed by atoms with van der Waals surface area (Å²) in [6.45, 7) is 4.55. The van der Waals surface area contributed by atoms with Crippen molar-refractivity contribution in [1.29, 1.82) is 5.26 Å². The summed E-state index contributed by atoms with van der Waals surface area (Å²) in [6.07, 6.45) is 0.972. The molecule has 0 radical (unpaired) electrons. The zero-order valence-corrected chi connectivity index (χ0v) is 16.3. The van der Waals surface area contributed by atoms with Crippen LogP contribution in [0.3, 0.4) is 0 Å². The van der Waals surface area contributed by atoms with Crippen LogP contribution in [0.1, 0.15) is 39.9 Å². The van der Waals surface area contributed by atoms with E-state index in [-0.39, 0.29) is 35.2 Å². The molecular formula is C21H22N2O3S. The molecule has 2 aromatic carbocycles. The Morgan fingerprint density at radius 3 is 2.37 bits per heavy atom. The molecule has 140 valence electrons. The van der Waals surface area contributed by atoms with E-state index in [0.717, 1.165) is 11.1 Å². The van der Waals surface area contributed by atoms with Gasteiger partial charge in [-0.2, -0.15) is 9.57 Å². The molecular weight excluding hydrogens is 360 g/mol. The number of carbonyl (C=O) groups excluding carboxylic acids is 1. The second-order valence-corrected chi connectivity index (χ2v) is 8.86. The van der Waals surface area contributed by atoms with Crippen LogP contribution in [0.2, 0.25) is 0 Å². The quantitative estimate of drug-likeness (QED) is 0.759. The Balaban J connectivity index is 1.74. The molecule has 0 spiro atoms. The van der Waals surface area contributed by atoms with Gasteiger partial charge in [0.25, 0.3) is 0 Å². The molecule has 1 aliphatic rings. The van der Waals surface area contributed by atoms with E-state index < -0.39 is 10.0 Å². The first-order valence-electron chi connectivity index (χ1n) is 8.95. The summed E-state index contributed by atoms with van der Waals surface area (Å²) >= 11 is 0. The van der Waals surface area contributed by atoms with E-state index >= 15 is 0 Å². The van der Waals surface area contributed by atoms with Gasteiger partial charge >= 0.3 is 0 Å². The van der Waals surface area contributed by atoms with Gasteiger partial charge in [-0.15, -0.1) is 0 Å². The van der Waals surface area contributed by atoms with Crippen molar-refractivity contribution in [2.75, 3.05) is 13.1 Å². The molecule has 3 rings (SSSR count). The standard InChI is InChI=1S/C21H22N2O3S/c1-15-7-8-18(13-16(15)2)21(24)17-9-11-23(12-10-17)27(25,26)20-6-4-3-5-19(20)14-22/h3-8,13,17H,9-12H2,1-2H3. The van der Waals surface area contributed by atoms with Crippen LogP contribution in [0, 0.1) is 31.1 Å². The van der Waals surface area contributed by atoms with Crippen molar-refractivity contribution < 1.29 is 13.2 Å². The van der Waals surface area contributed by atoms with Crippen LogP contribution >= 0.6 is 0 Å². The molecule has 6 heteroatoms. The number of sulfonamides is 1. The van der Waals surface area contributed by atoms with Gasteiger partial charge in [0.2, 0.25) is 10.0 Å². The lowest BCUT2D eigenvalue weighted by Crippen LogP contribution is -2.40. The summed E-state index contributed by atoms with van der Waals surface area (Å²) in [5.74, 6) is -0.0997. The van der Waals surface area contributed by atoms with Crippen LogP contribution in [0.25, 0.3) is 0 Å². The van der Waals surface area contributed by atoms with Crippen LogP contribution < -0.4 is 0 Å². The SMILES string of the molecule is Cc1ccc(C(=O)C2CCN(S(=O)(=O)c3ccccc3C#N)CC2)cc1C.